The molecule has 3 aromatic rings. The lowest BCUT2D eigenvalue weighted by atomic mass is 10.1. The van der Waals surface area contributed by atoms with E-state index in [1.807, 2.05) is 43.3 Å². The first-order valence-corrected chi connectivity index (χ1v) is 9.14. The highest BCUT2D eigenvalue weighted by Gasteiger charge is 2.19. The minimum atomic E-state index is -0.261. The molecule has 138 valence electrons. The third-order valence-corrected chi connectivity index (χ3v) is 4.93. The Morgan fingerprint density at radius 1 is 1.11 bits per heavy atom. The summed E-state index contributed by atoms with van der Waals surface area (Å²) in [4.78, 5) is 24.1. The second-order valence-corrected chi connectivity index (χ2v) is 6.91. The molecule has 5 heteroatoms. The number of hydrogen-bond donors (Lipinski definition) is 1. The molecule has 0 radical (unpaired) electrons. The zero-order valence-corrected chi connectivity index (χ0v) is 15.2. The van der Waals surface area contributed by atoms with Crippen LogP contribution in [0.3, 0.4) is 0 Å². The molecule has 0 saturated heterocycles. The van der Waals surface area contributed by atoms with Gasteiger partial charge in [0.15, 0.2) is 6.61 Å². The van der Waals surface area contributed by atoms with Gasteiger partial charge in [-0.2, -0.15) is 0 Å². The van der Waals surface area contributed by atoms with E-state index < -0.39 is 0 Å². The summed E-state index contributed by atoms with van der Waals surface area (Å²) in [5.41, 5.74) is 4.36. The molecule has 0 fully saturated rings. The van der Waals surface area contributed by atoms with Crippen molar-refractivity contribution in [3.05, 3.63) is 75.1 Å². The summed E-state index contributed by atoms with van der Waals surface area (Å²) >= 11 is 0. The standard InChI is InChI=1S/C22H21NO4/c1-14-5-7-15(8-6-14)12-23-21(24)13-26-16-9-10-18-17-3-2-4-19(17)22(25)27-20(18)11-16/h5-11H,2-4,12-13H2,1H3,(H,23,24). The fourth-order valence-electron chi connectivity index (χ4n) is 3.46. The lowest BCUT2D eigenvalue weighted by molar-refractivity contribution is -0.123. The van der Waals surface area contributed by atoms with Crippen LogP contribution in [0.4, 0.5) is 0 Å². The SMILES string of the molecule is Cc1ccc(CNC(=O)COc2ccc3c4c(c(=O)oc3c2)CCC4)cc1. The van der Waals surface area contributed by atoms with Gasteiger partial charge in [0.1, 0.15) is 11.3 Å². The number of fused-ring (bicyclic) bond motifs is 3. The number of rotatable bonds is 5. The van der Waals surface area contributed by atoms with Gasteiger partial charge in [0.25, 0.3) is 5.91 Å². The Labute approximate surface area is 157 Å². The number of carbonyl (C=O) groups is 1. The van der Waals surface area contributed by atoms with E-state index in [0.717, 1.165) is 41.3 Å². The number of carbonyl (C=O) groups excluding carboxylic acids is 1. The molecule has 1 heterocycles. The molecule has 1 aromatic heterocycles. The number of amides is 1. The summed E-state index contributed by atoms with van der Waals surface area (Å²) in [6, 6.07) is 13.4. The van der Waals surface area contributed by atoms with Crippen LogP contribution in [0, 0.1) is 6.92 Å². The van der Waals surface area contributed by atoms with E-state index >= 15 is 0 Å². The van der Waals surface area contributed by atoms with E-state index in [4.69, 9.17) is 9.15 Å². The van der Waals surface area contributed by atoms with Gasteiger partial charge in [-0.15, -0.1) is 0 Å². The normalized spacial score (nSPS) is 12.8. The molecule has 0 unspecified atom stereocenters. The Kier molecular flexibility index (Phi) is 4.67. The van der Waals surface area contributed by atoms with Crippen molar-refractivity contribution in [2.45, 2.75) is 32.7 Å². The monoisotopic (exact) mass is 363 g/mol. The molecule has 0 aliphatic heterocycles. The topological polar surface area (TPSA) is 68.5 Å². The Morgan fingerprint density at radius 2 is 1.89 bits per heavy atom. The summed E-state index contributed by atoms with van der Waals surface area (Å²) in [6.07, 6.45) is 2.67. The summed E-state index contributed by atoms with van der Waals surface area (Å²) in [6.45, 7) is 2.39. The van der Waals surface area contributed by atoms with Crippen molar-refractivity contribution in [2.24, 2.45) is 0 Å². The molecule has 1 aliphatic carbocycles. The molecule has 1 amide bonds. The van der Waals surface area contributed by atoms with Crippen LogP contribution >= 0.6 is 0 Å². The van der Waals surface area contributed by atoms with Gasteiger partial charge in [-0.05, 0) is 49.4 Å². The Balaban J connectivity index is 1.40. The summed E-state index contributed by atoms with van der Waals surface area (Å²) in [5, 5.41) is 3.79. The largest absolute Gasteiger partial charge is 0.484 e. The second kappa shape index (κ2) is 7.27. The molecular weight excluding hydrogens is 342 g/mol. The molecule has 1 aliphatic rings. The zero-order chi connectivity index (χ0) is 18.8. The molecule has 0 saturated carbocycles. The molecule has 27 heavy (non-hydrogen) atoms. The first-order valence-electron chi connectivity index (χ1n) is 9.14. The number of benzene rings is 2. The van der Waals surface area contributed by atoms with E-state index in [-0.39, 0.29) is 18.1 Å². The highest BCUT2D eigenvalue weighted by molar-refractivity contribution is 5.83. The van der Waals surface area contributed by atoms with Crippen molar-refractivity contribution in [3.8, 4) is 5.75 Å². The third-order valence-electron chi connectivity index (χ3n) is 4.93. The minimum absolute atomic E-state index is 0.0907. The van der Waals surface area contributed by atoms with E-state index in [2.05, 4.69) is 5.32 Å². The average Bonchev–Trinajstić information content (AvgIpc) is 3.16. The summed E-state index contributed by atoms with van der Waals surface area (Å²) in [7, 11) is 0. The quantitative estimate of drug-likeness (QED) is 0.707. The van der Waals surface area contributed by atoms with Crippen LogP contribution in [-0.4, -0.2) is 12.5 Å². The number of hydrogen-bond acceptors (Lipinski definition) is 4. The van der Waals surface area contributed by atoms with E-state index in [1.165, 1.54) is 5.56 Å². The Hall–Kier alpha value is -3.08. The number of aryl methyl sites for hydroxylation is 2. The van der Waals surface area contributed by atoms with Crippen LogP contribution in [0.25, 0.3) is 11.0 Å². The van der Waals surface area contributed by atoms with E-state index in [9.17, 15) is 9.59 Å². The smallest absolute Gasteiger partial charge is 0.339 e. The fourth-order valence-corrected chi connectivity index (χ4v) is 3.46. The van der Waals surface area contributed by atoms with Crippen LogP contribution in [0.15, 0.2) is 51.7 Å². The van der Waals surface area contributed by atoms with Gasteiger partial charge in [-0.1, -0.05) is 29.8 Å². The molecule has 1 N–H and O–H groups in total. The van der Waals surface area contributed by atoms with Gasteiger partial charge in [-0.3, -0.25) is 4.79 Å². The van der Waals surface area contributed by atoms with Crippen LogP contribution in [-0.2, 0) is 24.2 Å². The third kappa shape index (κ3) is 3.72. The summed E-state index contributed by atoms with van der Waals surface area (Å²) < 4.78 is 11.0. The first-order chi connectivity index (χ1) is 13.1. The molecule has 4 rings (SSSR count). The van der Waals surface area contributed by atoms with Crippen molar-refractivity contribution < 1.29 is 13.9 Å². The van der Waals surface area contributed by atoms with Gasteiger partial charge < -0.3 is 14.5 Å². The van der Waals surface area contributed by atoms with Crippen molar-refractivity contribution in [1.29, 1.82) is 0 Å². The first kappa shape index (κ1) is 17.3. The minimum Gasteiger partial charge on any atom is -0.484 e. The average molecular weight is 363 g/mol. The van der Waals surface area contributed by atoms with Gasteiger partial charge in [0, 0.05) is 23.6 Å². The van der Waals surface area contributed by atoms with Gasteiger partial charge >= 0.3 is 5.63 Å². The number of nitrogens with one attached hydrogen (secondary N) is 1. The molecule has 0 spiro atoms. The van der Waals surface area contributed by atoms with Crippen LogP contribution < -0.4 is 15.7 Å². The van der Waals surface area contributed by atoms with Gasteiger partial charge in [0.2, 0.25) is 0 Å². The van der Waals surface area contributed by atoms with E-state index in [1.54, 1.807) is 6.07 Å². The highest BCUT2D eigenvalue weighted by Crippen LogP contribution is 2.29. The molecule has 0 atom stereocenters. The van der Waals surface area contributed by atoms with Gasteiger partial charge in [-0.25, -0.2) is 4.79 Å². The lowest BCUT2D eigenvalue weighted by Crippen LogP contribution is -2.28. The lowest BCUT2D eigenvalue weighted by Gasteiger charge is -2.09. The zero-order valence-electron chi connectivity index (χ0n) is 15.2. The van der Waals surface area contributed by atoms with Crippen molar-refractivity contribution in [1.82, 2.24) is 5.32 Å². The number of ether oxygens (including phenoxy) is 1. The fraction of sp³-hybridized carbons (Fsp3) is 0.273. The van der Waals surface area contributed by atoms with Crippen LogP contribution in [0.1, 0.15) is 28.7 Å². The van der Waals surface area contributed by atoms with Crippen molar-refractivity contribution >= 4 is 16.9 Å². The Morgan fingerprint density at radius 3 is 2.70 bits per heavy atom. The maximum Gasteiger partial charge on any atom is 0.339 e. The Bertz CT molecular complexity index is 1050. The van der Waals surface area contributed by atoms with Crippen LogP contribution in [0.2, 0.25) is 0 Å². The molecular formula is C22H21NO4. The maximum absolute atomic E-state index is 12.1. The predicted molar refractivity (Wildman–Crippen MR) is 103 cm³/mol. The predicted octanol–water partition coefficient (Wildman–Crippen LogP) is 3.29. The second-order valence-electron chi connectivity index (χ2n) is 6.91. The highest BCUT2D eigenvalue weighted by atomic mass is 16.5. The molecule has 2 aromatic carbocycles. The molecule has 0 bridgehead atoms. The van der Waals surface area contributed by atoms with Crippen molar-refractivity contribution in [3.63, 3.8) is 0 Å². The van der Waals surface area contributed by atoms with E-state index in [0.29, 0.717) is 17.9 Å². The summed E-state index contributed by atoms with van der Waals surface area (Å²) in [5.74, 6) is 0.306. The maximum atomic E-state index is 12.1. The van der Waals surface area contributed by atoms with Crippen molar-refractivity contribution in [2.75, 3.05) is 6.61 Å². The van der Waals surface area contributed by atoms with Crippen LogP contribution in [0.5, 0.6) is 5.75 Å². The van der Waals surface area contributed by atoms with Gasteiger partial charge in [0.05, 0.1) is 0 Å². The molecule has 5 nitrogen and oxygen atoms in total.